The molecule has 0 amide bonds. The molecule has 94 valence electrons. The minimum Gasteiger partial charge on any atom is -0.328 e. The first-order valence-electron chi connectivity index (χ1n) is 6.79. The quantitative estimate of drug-likeness (QED) is 0.782. The van der Waals surface area contributed by atoms with Crippen LogP contribution in [0.3, 0.4) is 0 Å². The lowest BCUT2D eigenvalue weighted by Gasteiger charge is -2.30. The van der Waals surface area contributed by atoms with Crippen LogP contribution in [0.4, 0.5) is 0 Å². The van der Waals surface area contributed by atoms with Crippen LogP contribution in [0, 0.1) is 5.92 Å². The van der Waals surface area contributed by atoms with E-state index in [1.54, 1.807) is 0 Å². The van der Waals surface area contributed by atoms with Crippen LogP contribution in [-0.4, -0.2) is 55.6 Å². The summed E-state index contributed by atoms with van der Waals surface area (Å²) in [5.74, 6) is 0.917. The zero-order chi connectivity index (χ0) is 11.5. The van der Waals surface area contributed by atoms with Gasteiger partial charge in [-0.25, -0.2) is 0 Å². The van der Waals surface area contributed by atoms with Crippen molar-refractivity contribution in [2.75, 3.05) is 33.7 Å². The molecular weight excluding hydrogens is 198 g/mol. The summed E-state index contributed by atoms with van der Waals surface area (Å²) < 4.78 is 0. The Bertz CT molecular complexity index is 209. The zero-order valence-electron chi connectivity index (χ0n) is 10.9. The molecule has 0 bridgehead atoms. The predicted octanol–water partition coefficient (Wildman–Crippen LogP) is 1.14. The molecule has 16 heavy (non-hydrogen) atoms. The Morgan fingerprint density at radius 3 is 2.38 bits per heavy atom. The van der Waals surface area contributed by atoms with E-state index in [9.17, 15) is 0 Å². The van der Waals surface area contributed by atoms with E-state index in [0.29, 0.717) is 6.04 Å². The summed E-state index contributed by atoms with van der Waals surface area (Å²) in [5, 5.41) is 0. The largest absolute Gasteiger partial charge is 0.328 e. The number of nitrogens with zero attached hydrogens (tertiary/aromatic N) is 2. The molecule has 1 saturated heterocycles. The van der Waals surface area contributed by atoms with Gasteiger partial charge in [-0.3, -0.25) is 0 Å². The van der Waals surface area contributed by atoms with Crippen LogP contribution in [0.5, 0.6) is 0 Å². The predicted molar refractivity (Wildman–Crippen MR) is 68.5 cm³/mol. The molecule has 3 heteroatoms. The molecule has 0 aromatic heterocycles. The lowest BCUT2D eigenvalue weighted by molar-refractivity contribution is 0.208. The van der Waals surface area contributed by atoms with Gasteiger partial charge in [0, 0.05) is 25.2 Å². The van der Waals surface area contributed by atoms with Crippen molar-refractivity contribution >= 4 is 0 Å². The molecule has 1 atom stereocenters. The lowest BCUT2D eigenvalue weighted by Crippen LogP contribution is -2.36. The van der Waals surface area contributed by atoms with E-state index in [4.69, 9.17) is 5.73 Å². The third-order valence-corrected chi connectivity index (χ3v) is 4.39. The van der Waals surface area contributed by atoms with Crippen molar-refractivity contribution in [1.82, 2.24) is 9.80 Å². The van der Waals surface area contributed by atoms with Crippen molar-refractivity contribution in [2.45, 2.75) is 44.2 Å². The second-order valence-corrected chi connectivity index (χ2v) is 5.95. The minimum atomic E-state index is 0.490. The number of likely N-dealkylation sites (N-methyl/N-ethyl adjacent to an activating group) is 1. The van der Waals surface area contributed by atoms with Crippen molar-refractivity contribution in [1.29, 1.82) is 0 Å². The van der Waals surface area contributed by atoms with Crippen molar-refractivity contribution in [3.63, 3.8) is 0 Å². The molecule has 1 aliphatic heterocycles. The monoisotopic (exact) mass is 225 g/mol. The molecule has 3 nitrogen and oxygen atoms in total. The van der Waals surface area contributed by atoms with E-state index in [2.05, 4.69) is 23.9 Å². The standard InChI is InChI=1S/C13H27N3/c1-15(2)13-7-8-16(10-13)9-11-3-5-12(14)6-4-11/h11-13H,3-10,14H2,1-2H3. The van der Waals surface area contributed by atoms with E-state index in [0.717, 1.165) is 12.0 Å². The minimum absolute atomic E-state index is 0.490. The third kappa shape index (κ3) is 3.19. The first-order chi connectivity index (χ1) is 7.65. The topological polar surface area (TPSA) is 32.5 Å². The van der Waals surface area contributed by atoms with Crippen LogP contribution in [0.15, 0.2) is 0 Å². The maximum absolute atomic E-state index is 5.95. The summed E-state index contributed by atoms with van der Waals surface area (Å²) in [6.45, 7) is 3.89. The first kappa shape index (κ1) is 12.3. The van der Waals surface area contributed by atoms with Gasteiger partial charge in [-0.1, -0.05) is 0 Å². The number of nitrogens with two attached hydrogens (primary N) is 1. The zero-order valence-corrected chi connectivity index (χ0v) is 10.9. The van der Waals surface area contributed by atoms with Crippen LogP contribution in [0.2, 0.25) is 0 Å². The van der Waals surface area contributed by atoms with Gasteiger partial charge < -0.3 is 15.5 Å². The molecule has 2 N–H and O–H groups in total. The summed E-state index contributed by atoms with van der Waals surface area (Å²) in [4.78, 5) is 5.03. The molecule has 0 aromatic carbocycles. The summed E-state index contributed by atoms with van der Waals surface area (Å²) in [6, 6.07) is 1.27. The maximum Gasteiger partial charge on any atom is 0.0229 e. The Labute approximate surface area is 100.0 Å². The third-order valence-electron chi connectivity index (χ3n) is 4.39. The molecule has 1 aliphatic carbocycles. The van der Waals surface area contributed by atoms with Gasteiger partial charge in [0.05, 0.1) is 0 Å². The van der Waals surface area contributed by atoms with Gasteiger partial charge >= 0.3 is 0 Å². The van der Waals surface area contributed by atoms with E-state index >= 15 is 0 Å². The van der Waals surface area contributed by atoms with Crippen molar-refractivity contribution in [3.8, 4) is 0 Å². The molecule has 0 radical (unpaired) electrons. The molecule has 0 spiro atoms. The summed E-state index contributed by atoms with van der Waals surface area (Å²) >= 11 is 0. The van der Waals surface area contributed by atoms with Gasteiger partial charge in [0.2, 0.25) is 0 Å². The molecule has 2 rings (SSSR count). The van der Waals surface area contributed by atoms with Gasteiger partial charge in [0.1, 0.15) is 0 Å². The van der Waals surface area contributed by atoms with Crippen molar-refractivity contribution in [3.05, 3.63) is 0 Å². The smallest absolute Gasteiger partial charge is 0.0229 e. The van der Waals surface area contributed by atoms with Crippen LogP contribution in [-0.2, 0) is 0 Å². The van der Waals surface area contributed by atoms with Crippen LogP contribution < -0.4 is 5.73 Å². The van der Waals surface area contributed by atoms with Crippen LogP contribution in [0.1, 0.15) is 32.1 Å². The van der Waals surface area contributed by atoms with E-state index in [-0.39, 0.29) is 0 Å². The second kappa shape index (κ2) is 5.48. The van der Waals surface area contributed by atoms with Crippen molar-refractivity contribution < 1.29 is 0 Å². The van der Waals surface area contributed by atoms with Gasteiger partial charge in [-0.2, -0.15) is 0 Å². The fraction of sp³-hybridized carbons (Fsp3) is 1.00. The van der Waals surface area contributed by atoms with Gasteiger partial charge in [0.15, 0.2) is 0 Å². The highest BCUT2D eigenvalue weighted by atomic mass is 15.2. The summed E-state index contributed by atoms with van der Waals surface area (Å²) in [6.07, 6.45) is 6.54. The van der Waals surface area contributed by atoms with Crippen molar-refractivity contribution in [2.24, 2.45) is 11.7 Å². The fourth-order valence-corrected chi connectivity index (χ4v) is 3.14. The Morgan fingerprint density at radius 2 is 1.81 bits per heavy atom. The number of hydrogen-bond acceptors (Lipinski definition) is 3. The molecule has 1 unspecified atom stereocenters. The Balaban J connectivity index is 1.71. The average molecular weight is 225 g/mol. The van der Waals surface area contributed by atoms with Gasteiger partial charge in [-0.05, 0) is 58.7 Å². The molecule has 2 aliphatic rings. The van der Waals surface area contributed by atoms with Crippen LogP contribution >= 0.6 is 0 Å². The van der Waals surface area contributed by atoms with Crippen LogP contribution in [0.25, 0.3) is 0 Å². The SMILES string of the molecule is CN(C)C1CCN(CC2CCC(N)CC2)C1. The lowest BCUT2D eigenvalue weighted by atomic mass is 9.86. The van der Waals surface area contributed by atoms with E-state index in [1.807, 2.05) is 0 Å². The summed E-state index contributed by atoms with van der Waals surface area (Å²) in [7, 11) is 4.40. The number of hydrogen-bond donors (Lipinski definition) is 1. The maximum atomic E-state index is 5.95. The molecule has 1 heterocycles. The fourth-order valence-electron chi connectivity index (χ4n) is 3.14. The average Bonchev–Trinajstić information content (AvgIpc) is 2.70. The number of likely N-dealkylation sites (tertiary alicyclic amines) is 1. The highest BCUT2D eigenvalue weighted by molar-refractivity contribution is 4.84. The number of rotatable bonds is 3. The summed E-state index contributed by atoms with van der Waals surface area (Å²) in [5.41, 5.74) is 5.95. The van der Waals surface area contributed by atoms with Gasteiger partial charge in [-0.15, -0.1) is 0 Å². The Morgan fingerprint density at radius 1 is 1.12 bits per heavy atom. The Hall–Kier alpha value is -0.120. The Kier molecular flexibility index (Phi) is 4.22. The normalized spacial score (nSPS) is 37.1. The van der Waals surface area contributed by atoms with E-state index in [1.165, 1.54) is 51.7 Å². The molecule has 1 saturated carbocycles. The molecule has 0 aromatic rings. The highest BCUT2D eigenvalue weighted by Gasteiger charge is 2.27. The second-order valence-electron chi connectivity index (χ2n) is 5.95. The first-order valence-corrected chi connectivity index (χ1v) is 6.79. The van der Waals surface area contributed by atoms with Gasteiger partial charge in [0.25, 0.3) is 0 Å². The molecule has 2 fully saturated rings. The highest BCUT2D eigenvalue weighted by Crippen LogP contribution is 2.25. The van der Waals surface area contributed by atoms with E-state index < -0.39 is 0 Å². The molecular formula is C13H27N3.